The van der Waals surface area contributed by atoms with Gasteiger partial charge in [0, 0.05) is 36.2 Å². The molecule has 328 valence electrons. The molecule has 0 radical (unpaired) electrons. The number of aromatic nitrogens is 4. The van der Waals surface area contributed by atoms with Gasteiger partial charge in [0.15, 0.2) is 17.7 Å². The minimum Gasteiger partial charge on any atom is -0.386 e. The second-order valence-corrected chi connectivity index (χ2v) is 19.0. The molecule has 2 unspecified atom stereocenters. The third-order valence-electron chi connectivity index (χ3n) is 8.74. The van der Waals surface area contributed by atoms with Gasteiger partial charge in [-0.15, -0.1) is 0 Å². The lowest BCUT2D eigenvalue weighted by Crippen LogP contribution is -2.46. The van der Waals surface area contributed by atoms with Gasteiger partial charge in [-0.3, -0.25) is 32.5 Å². The van der Waals surface area contributed by atoms with Crippen molar-refractivity contribution in [3.8, 4) is 0 Å². The molecule has 2 amide bonds. The fraction of sp³-hybridized carbons (Fsp3) is 0.438. The summed E-state index contributed by atoms with van der Waals surface area (Å²) in [5, 5.41) is 28.1. The Balaban J connectivity index is 1.05. The first kappa shape index (κ1) is 47.3. The van der Waals surface area contributed by atoms with Crippen LogP contribution in [0.1, 0.15) is 36.9 Å². The number of phosphoric ester groups is 3. The van der Waals surface area contributed by atoms with Crippen LogP contribution in [0.2, 0.25) is 0 Å². The summed E-state index contributed by atoms with van der Waals surface area (Å²) < 4.78 is 62.3. The Morgan fingerprint density at radius 3 is 2.42 bits per heavy atom. The first-order chi connectivity index (χ1) is 28.1. The Morgan fingerprint density at radius 2 is 1.68 bits per heavy atom. The van der Waals surface area contributed by atoms with E-state index in [9.17, 15) is 57.9 Å². The number of aliphatic hydroxyl groups is 2. The average molecular weight is 922 g/mol. The van der Waals surface area contributed by atoms with Crippen LogP contribution >= 0.6 is 35.2 Å². The number of rotatable bonds is 20. The molecule has 28 heteroatoms. The summed E-state index contributed by atoms with van der Waals surface area (Å²) in [5.41, 5.74) is 4.80. The van der Waals surface area contributed by atoms with Crippen LogP contribution < -0.4 is 16.4 Å². The standard InChI is InChI=1S/C32H42N7O17P3S/c1-32(2,26(42)29(43)35-11-10-22(40)34-12-13-60-31(44)20-9-5-7-18-6-3-4-8-19(18)20)15-53-59(50,51)56-58(48,49)52-14-21-25(55-57(45,46)47)24(41)30(54-21)39-17-38-23-27(33)36-16-37-28(23)39/h3-9,16-17,21,24-26,30,41-42H,10-15H2,1-2H3,(H,34,40)(H,35,43)(H,48,49)(H,50,51)(H2,33,36,37)(H2,45,46,47)/t21-,24-,25-,26+,30-/m1/s1. The molecule has 1 aliphatic rings. The van der Waals surface area contributed by atoms with Gasteiger partial charge in [-0.1, -0.05) is 62.0 Å². The maximum Gasteiger partial charge on any atom is 0.481 e. The molecule has 2 aromatic heterocycles. The van der Waals surface area contributed by atoms with Gasteiger partial charge in [-0.05, 0) is 16.8 Å². The fourth-order valence-corrected chi connectivity index (χ4v) is 9.31. The van der Waals surface area contributed by atoms with Gasteiger partial charge in [0.1, 0.15) is 36.3 Å². The molecule has 0 saturated carbocycles. The van der Waals surface area contributed by atoms with E-state index >= 15 is 0 Å². The smallest absolute Gasteiger partial charge is 0.386 e. The third kappa shape index (κ3) is 12.4. The van der Waals surface area contributed by atoms with Crippen LogP contribution in [0, 0.1) is 5.41 Å². The third-order valence-corrected chi connectivity index (χ3v) is 12.7. The van der Waals surface area contributed by atoms with E-state index in [1.807, 2.05) is 30.3 Å². The molecule has 1 saturated heterocycles. The van der Waals surface area contributed by atoms with Crippen molar-refractivity contribution < 1.29 is 80.5 Å². The summed E-state index contributed by atoms with van der Waals surface area (Å²) in [6.45, 7) is 0.423. The molecule has 4 aromatic rings. The SMILES string of the molecule is CC(C)(COP(=O)(O)OP(=O)(O)OC[C@H]1O[C@@H](n2cnc3c(N)ncnc32)[C@H](O)[C@@H]1OP(=O)(O)O)[C@@H](O)C(=O)NCCC(=O)NCCSC(=O)c1cccc2ccccc12. The topological polar surface area (TPSA) is 364 Å². The number of nitrogen functional groups attached to an aromatic ring is 1. The van der Waals surface area contributed by atoms with Gasteiger partial charge in [-0.25, -0.2) is 28.6 Å². The van der Waals surface area contributed by atoms with Crippen LogP contribution in [0.5, 0.6) is 0 Å². The number of phosphoric acid groups is 3. The number of fused-ring (bicyclic) bond motifs is 2. The number of benzene rings is 2. The number of carbonyl (C=O) groups excluding carboxylic acids is 3. The maximum atomic E-state index is 12.7. The van der Waals surface area contributed by atoms with Crippen molar-refractivity contribution in [3.63, 3.8) is 0 Å². The first-order valence-corrected chi connectivity index (χ1v) is 23.1. The molecule has 24 nitrogen and oxygen atoms in total. The second kappa shape index (κ2) is 19.5. The van der Waals surface area contributed by atoms with Crippen LogP contribution in [0.4, 0.5) is 5.82 Å². The summed E-state index contributed by atoms with van der Waals surface area (Å²) in [6, 6.07) is 12.9. The van der Waals surface area contributed by atoms with Gasteiger partial charge in [0.05, 0.1) is 19.5 Å². The van der Waals surface area contributed by atoms with E-state index in [2.05, 4.69) is 34.4 Å². The van der Waals surface area contributed by atoms with Crippen molar-refractivity contribution in [1.29, 1.82) is 0 Å². The van der Waals surface area contributed by atoms with Crippen molar-refractivity contribution in [3.05, 3.63) is 60.7 Å². The normalized spacial score (nSPS) is 21.0. The van der Waals surface area contributed by atoms with Crippen LogP contribution in [0.3, 0.4) is 0 Å². The summed E-state index contributed by atoms with van der Waals surface area (Å²) in [7, 11) is -16.4. The highest BCUT2D eigenvalue weighted by atomic mass is 32.2. The lowest BCUT2D eigenvalue weighted by atomic mass is 9.87. The van der Waals surface area contributed by atoms with Crippen LogP contribution in [0.25, 0.3) is 21.9 Å². The highest BCUT2D eigenvalue weighted by molar-refractivity contribution is 8.14. The number of thioether (sulfide) groups is 1. The number of aliphatic hydroxyl groups excluding tert-OH is 2. The fourth-order valence-electron chi connectivity index (χ4n) is 5.76. The number of nitrogens with zero attached hydrogens (tertiary/aromatic N) is 4. The maximum absolute atomic E-state index is 12.7. The summed E-state index contributed by atoms with van der Waals surface area (Å²) in [6.07, 6.45) is -6.96. The van der Waals surface area contributed by atoms with Crippen molar-refractivity contribution in [2.24, 2.45) is 5.41 Å². The van der Waals surface area contributed by atoms with E-state index in [1.165, 1.54) is 13.8 Å². The molecule has 10 N–H and O–H groups in total. The van der Waals surface area contributed by atoms with Crippen LogP contribution in [-0.2, 0) is 45.9 Å². The van der Waals surface area contributed by atoms with E-state index in [4.69, 9.17) is 19.5 Å². The predicted octanol–water partition coefficient (Wildman–Crippen LogP) is 1.13. The Kier molecular flexibility index (Phi) is 15.4. The molecule has 0 spiro atoms. The Bertz CT molecular complexity index is 2340. The first-order valence-electron chi connectivity index (χ1n) is 17.6. The molecule has 0 aliphatic carbocycles. The molecular formula is C32H42N7O17P3S. The molecule has 60 heavy (non-hydrogen) atoms. The highest BCUT2D eigenvalue weighted by Gasteiger charge is 2.50. The monoisotopic (exact) mass is 921 g/mol. The Labute approximate surface area is 344 Å². The number of anilines is 1. The Hall–Kier alpha value is -3.74. The summed E-state index contributed by atoms with van der Waals surface area (Å²) in [5.74, 6) is -1.19. The molecule has 2 aromatic carbocycles. The van der Waals surface area contributed by atoms with Crippen molar-refractivity contribution in [1.82, 2.24) is 30.2 Å². The van der Waals surface area contributed by atoms with Gasteiger partial charge in [-0.2, -0.15) is 4.31 Å². The molecular weight excluding hydrogens is 879 g/mol. The van der Waals surface area contributed by atoms with Crippen molar-refractivity contribution in [2.45, 2.75) is 50.9 Å². The average Bonchev–Trinajstić information content (AvgIpc) is 3.74. The number of carbonyl (C=O) groups is 3. The van der Waals surface area contributed by atoms with Crippen molar-refractivity contribution in [2.75, 3.05) is 37.8 Å². The van der Waals surface area contributed by atoms with Gasteiger partial charge in [0.25, 0.3) is 0 Å². The van der Waals surface area contributed by atoms with E-state index in [1.54, 1.807) is 12.1 Å². The predicted molar refractivity (Wildman–Crippen MR) is 210 cm³/mol. The lowest BCUT2D eigenvalue weighted by Gasteiger charge is -2.30. The highest BCUT2D eigenvalue weighted by Crippen LogP contribution is 2.61. The Morgan fingerprint density at radius 1 is 0.983 bits per heavy atom. The van der Waals surface area contributed by atoms with Gasteiger partial charge >= 0.3 is 23.5 Å². The number of nitrogens with two attached hydrogens (primary N) is 1. The summed E-state index contributed by atoms with van der Waals surface area (Å²) in [4.78, 5) is 88.7. The molecule has 5 rings (SSSR count). The minimum atomic E-state index is -5.58. The zero-order valence-corrected chi connectivity index (χ0v) is 35.1. The lowest BCUT2D eigenvalue weighted by molar-refractivity contribution is -0.137. The largest absolute Gasteiger partial charge is 0.481 e. The van der Waals surface area contributed by atoms with Crippen LogP contribution in [-0.4, -0.2) is 123 Å². The van der Waals surface area contributed by atoms with E-state index in [0.717, 1.165) is 39.8 Å². The number of hydrogen-bond acceptors (Lipinski definition) is 18. The quantitative estimate of drug-likeness (QED) is 0.0443. The number of hydrogen-bond donors (Lipinski definition) is 9. The zero-order valence-electron chi connectivity index (χ0n) is 31.6. The van der Waals surface area contributed by atoms with Gasteiger partial charge < -0.3 is 50.9 Å². The number of amides is 2. The van der Waals surface area contributed by atoms with Crippen molar-refractivity contribution >= 4 is 79.9 Å². The van der Waals surface area contributed by atoms with Gasteiger partial charge in [0.2, 0.25) is 16.9 Å². The van der Waals surface area contributed by atoms with E-state index in [-0.39, 0.29) is 47.4 Å². The molecule has 0 bridgehead atoms. The zero-order chi connectivity index (χ0) is 44.0. The number of nitrogens with one attached hydrogen (secondary N) is 2. The molecule has 1 aliphatic heterocycles. The summed E-state index contributed by atoms with van der Waals surface area (Å²) >= 11 is 1.04. The molecule has 1 fully saturated rings. The second-order valence-electron chi connectivity index (χ2n) is 13.7. The molecule has 3 heterocycles. The van der Waals surface area contributed by atoms with Crippen LogP contribution in [0.15, 0.2) is 55.1 Å². The number of imidazole rings is 1. The number of ether oxygens (including phenoxy) is 1. The van der Waals surface area contributed by atoms with E-state index < -0.39 is 84.6 Å². The minimum absolute atomic E-state index is 0.0284. The van der Waals surface area contributed by atoms with E-state index in [0.29, 0.717) is 5.56 Å². The molecule has 7 atom stereocenters.